The summed E-state index contributed by atoms with van der Waals surface area (Å²) in [4.78, 5) is 29.8. The van der Waals surface area contributed by atoms with Gasteiger partial charge in [-0.3, -0.25) is 14.6 Å². The highest BCUT2D eigenvalue weighted by Gasteiger charge is 2.32. The SMILES string of the molecule is O=C(NC[C@H](c1cccnc1)S(=O)(=O)c1cccs1)C(=O)N1CCCC1. The van der Waals surface area contributed by atoms with Crippen LogP contribution in [0.2, 0.25) is 0 Å². The first-order chi connectivity index (χ1) is 12.5. The van der Waals surface area contributed by atoms with Crippen molar-refractivity contribution in [3.05, 3.63) is 47.6 Å². The second-order valence-electron chi connectivity index (χ2n) is 5.96. The van der Waals surface area contributed by atoms with E-state index in [0.717, 1.165) is 24.2 Å². The highest BCUT2D eigenvalue weighted by Crippen LogP contribution is 2.30. The lowest BCUT2D eigenvalue weighted by Crippen LogP contribution is -2.43. The Kier molecular flexibility index (Phi) is 5.67. The van der Waals surface area contributed by atoms with Crippen molar-refractivity contribution in [1.29, 1.82) is 0 Å². The number of carbonyl (C=O) groups is 2. The van der Waals surface area contributed by atoms with Gasteiger partial charge in [0.15, 0.2) is 9.84 Å². The predicted octanol–water partition coefficient (Wildman–Crippen LogP) is 1.40. The van der Waals surface area contributed by atoms with Gasteiger partial charge in [-0.15, -0.1) is 11.3 Å². The average Bonchev–Trinajstić information content (AvgIpc) is 3.35. The number of nitrogens with zero attached hydrogens (tertiary/aromatic N) is 2. The molecule has 26 heavy (non-hydrogen) atoms. The molecule has 1 atom stereocenters. The molecule has 138 valence electrons. The second-order valence-corrected chi connectivity index (χ2v) is 9.27. The molecule has 2 amide bonds. The van der Waals surface area contributed by atoms with Gasteiger partial charge in [0, 0.05) is 32.0 Å². The van der Waals surface area contributed by atoms with Gasteiger partial charge in [-0.05, 0) is 35.9 Å². The third-order valence-electron chi connectivity index (χ3n) is 4.24. The number of rotatable bonds is 5. The molecule has 9 heteroatoms. The summed E-state index contributed by atoms with van der Waals surface area (Å²) < 4.78 is 26.2. The zero-order chi connectivity index (χ0) is 18.6. The van der Waals surface area contributed by atoms with Crippen molar-refractivity contribution < 1.29 is 18.0 Å². The zero-order valence-corrected chi connectivity index (χ0v) is 15.6. The fourth-order valence-electron chi connectivity index (χ4n) is 2.86. The van der Waals surface area contributed by atoms with Gasteiger partial charge in [0.1, 0.15) is 9.46 Å². The van der Waals surface area contributed by atoms with Crippen LogP contribution in [0.4, 0.5) is 0 Å². The van der Waals surface area contributed by atoms with Crippen LogP contribution in [-0.2, 0) is 19.4 Å². The quantitative estimate of drug-likeness (QED) is 0.775. The van der Waals surface area contributed by atoms with Crippen LogP contribution in [0.5, 0.6) is 0 Å². The van der Waals surface area contributed by atoms with Gasteiger partial charge in [0.2, 0.25) is 0 Å². The molecule has 1 N–H and O–H groups in total. The van der Waals surface area contributed by atoms with Crippen LogP contribution >= 0.6 is 11.3 Å². The summed E-state index contributed by atoms with van der Waals surface area (Å²) in [7, 11) is -3.71. The van der Waals surface area contributed by atoms with E-state index in [9.17, 15) is 18.0 Å². The van der Waals surface area contributed by atoms with Crippen molar-refractivity contribution in [2.45, 2.75) is 22.3 Å². The van der Waals surface area contributed by atoms with E-state index >= 15 is 0 Å². The Hall–Kier alpha value is -2.26. The molecule has 0 saturated carbocycles. The number of hydrogen-bond donors (Lipinski definition) is 1. The number of hydrogen-bond acceptors (Lipinski definition) is 6. The molecule has 0 unspecified atom stereocenters. The van der Waals surface area contributed by atoms with Crippen LogP contribution in [-0.4, -0.2) is 49.8 Å². The Labute approximate surface area is 156 Å². The standard InChI is InChI=1S/C17H19N3O4S2/c21-16(17(22)20-8-1-2-9-20)19-12-14(13-5-3-7-18-11-13)26(23,24)15-6-4-10-25-15/h3-7,10-11,14H,1-2,8-9,12H2,(H,19,21)/t14-/m1/s1. The monoisotopic (exact) mass is 393 g/mol. The van der Waals surface area contributed by atoms with Gasteiger partial charge in [-0.1, -0.05) is 12.1 Å². The van der Waals surface area contributed by atoms with Crippen molar-refractivity contribution in [3.63, 3.8) is 0 Å². The maximum absolute atomic E-state index is 13.0. The van der Waals surface area contributed by atoms with Crippen molar-refractivity contribution in [2.24, 2.45) is 0 Å². The smallest absolute Gasteiger partial charge is 0.311 e. The highest BCUT2D eigenvalue weighted by atomic mass is 32.2. The Balaban J connectivity index is 1.79. The molecule has 0 aromatic carbocycles. The molecule has 3 rings (SSSR count). The van der Waals surface area contributed by atoms with E-state index < -0.39 is 26.9 Å². The summed E-state index contributed by atoms with van der Waals surface area (Å²) in [6.07, 6.45) is 4.77. The maximum atomic E-state index is 13.0. The first-order valence-electron chi connectivity index (χ1n) is 8.24. The zero-order valence-electron chi connectivity index (χ0n) is 14.0. The molecule has 0 bridgehead atoms. The van der Waals surface area contributed by atoms with Gasteiger partial charge in [0.25, 0.3) is 0 Å². The number of amides is 2. The Morgan fingerprint density at radius 1 is 1.23 bits per heavy atom. The third kappa shape index (κ3) is 3.94. The number of pyridine rings is 1. The van der Waals surface area contributed by atoms with Crippen molar-refractivity contribution in [2.75, 3.05) is 19.6 Å². The normalized spacial score (nSPS) is 15.6. The summed E-state index contributed by atoms with van der Waals surface area (Å²) in [6.45, 7) is 0.932. The van der Waals surface area contributed by atoms with E-state index in [1.165, 1.54) is 17.2 Å². The molecule has 7 nitrogen and oxygen atoms in total. The van der Waals surface area contributed by atoms with E-state index in [0.29, 0.717) is 18.7 Å². The van der Waals surface area contributed by atoms with Gasteiger partial charge in [-0.2, -0.15) is 0 Å². The highest BCUT2D eigenvalue weighted by molar-refractivity contribution is 7.93. The maximum Gasteiger partial charge on any atom is 0.311 e. The Morgan fingerprint density at radius 3 is 2.62 bits per heavy atom. The minimum Gasteiger partial charge on any atom is -0.346 e. The largest absolute Gasteiger partial charge is 0.346 e. The lowest BCUT2D eigenvalue weighted by atomic mass is 10.2. The topological polar surface area (TPSA) is 96.4 Å². The summed E-state index contributed by atoms with van der Waals surface area (Å²) >= 11 is 1.12. The fourth-order valence-corrected chi connectivity index (χ4v) is 5.71. The van der Waals surface area contributed by atoms with Gasteiger partial charge < -0.3 is 10.2 Å². The van der Waals surface area contributed by atoms with E-state index in [2.05, 4.69) is 10.3 Å². The molecule has 0 aliphatic carbocycles. The number of carbonyl (C=O) groups excluding carboxylic acids is 2. The van der Waals surface area contributed by atoms with Crippen LogP contribution in [0, 0.1) is 0 Å². The summed E-state index contributed by atoms with van der Waals surface area (Å²) in [5.41, 5.74) is 0.467. The molecule has 1 fully saturated rings. The lowest BCUT2D eigenvalue weighted by molar-refractivity contribution is -0.145. The van der Waals surface area contributed by atoms with Crippen LogP contribution in [0.15, 0.2) is 46.2 Å². The third-order valence-corrected chi connectivity index (χ3v) is 7.77. The molecule has 2 aromatic rings. The molecular weight excluding hydrogens is 374 g/mol. The number of aromatic nitrogens is 1. The Morgan fingerprint density at radius 2 is 2.00 bits per heavy atom. The first-order valence-corrected chi connectivity index (χ1v) is 10.7. The number of thiophene rings is 1. The van der Waals surface area contributed by atoms with E-state index in [4.69, 9.17) is 0 Å². The fraction of sp³-hybridized carbons (Fsp3) is 0.353. The second kappa shape index (κ2) is 7.96. The number of sulfone groups is 1. The summed E-state index contributed by atoms with van der Waals surface area (Å²) in [5, 5.41) is 3.17. The van der Waals surface area contributed by atoms with E-state index in [1.54, 1.807) is 29.8 Å². The average molecular weight is 393 g/mol. The molecule has 0 radical (unpaired) electrons. The molecule has 3 heterocycles. The van der Waals surface area contributed by atoms with Crippen molar-refractivity contribution in [1.82, 2.24) is 15.2 Å². The van der Waals surface area contributed by atoms with Crippen molar-refractivity contribution in [3.8, 4) is 0 Å². The van der Waals surface area contributed by atoms with Gasteiger partial charge in [0.05, 0.1) is 0 Å². The first kappa shape index (κ1) is 18.5. The molecule has 0 spiro atoms. The molecule has 1 aliphatic rings. The van der Waals surface area contributed by atoms with Crippen LogP contribution in [0.1, 0.15) is 23.7 Å². The summed E-state index contributed by atoms with van der Waals surface area (Å²) in [5.74, 6) is -1.39. The van der Waals surface area contributed by atoms with Gasteiger partial charge >= 0.3 is 11.8 Å². The van der Waals surface area contributed by atoms with Crippen LogP contribution in [0.3, 0.4) is 0 Å². The predicted molar refractivity (Wildman–Crippen MR) is 97.3 cm³/mol. The van der Waals surface area contributed by atoms with Crippen molar-refractivity contribution >= 4 is 33.0 Å². The Bertz CT molecular complexity index is 861. The van der Waals surface area contributed by atoms with Crippen LogP contribution in [0.25, 0.3) is 0 Å². The minimum atomic E-state index is -3.71. The molecule has 1 aliphatic heterocycles. The number of nitrogens with one attached hydrogen (secondary N) is 1. The molecular formula is C17H19N3O4S2. The minimum absolute atomic E-state index is 0.190. The van der Waals surface area contributed by atoms with E-state index in [-0.39, 0.29) is 10.8 Å². The van der Waals surface area contributed by atoms with Gasteiger partial charge in [-0.25, -0.2) is 8.42 Å². The molecule has 1 saturated heterocycles. The number of likely N-dealkylation sites (tertiary alicyclic amines) is 1. The molecule has 2 aromatic heterocycles. The van der Waals surface area contributed by atoms with Crippen LogP contribution < -0.4 is 5.32 Å². The summed E-state index contributed by atoms with van der Waals surface area (Å²) in [6, 6.07) is 6.48. The lowest BCUT2D eigenvalue weighted by Gasteiger charge is -2.19. The van der Waals surface area contributed by atoms with E-state index in [1.807, 2.05) is 0 Å².